The summed E-state index contributed by atoms with van der Waals surface area (Å²) < 4.78 is 0. The van der Waals surface area contributed by atoms with Crippen molar-refractivity contribution in [3.63, 3.8) is 0 Å². The van der Waals surface area contributed by atoms with E-state index in [0.717, 1.165) is 51.9 Å². The SMILES string of the molecule is O=C(c1ccccc1-c1nn[nH]n1)N1CCC[C@@H](N2CCC(CO)CC2)C1. The molecule has 3 heterocycles. The van der Waals surface area contributed by atoms with E-state index in [-0.39, 0.29) is 12.5 Å². The fraction of sp³-hybridized carbons (Fsp3) is 0.579. The second-order valence-electron chi connectivity index (χ2n) is 7.49. The van der Waals surface area contributed by atoms with E-state index in [1.54, 1.807) is 0 Å². The molecule has 1 amide bonds. The van der Waals surface area contributed by atoms with Gasteiger partial charge in [0.05, 0.1) is 5.56 Å². The summed E-state index contributed by atoms with van der Waals surface area (Å²) in [5.41, 5.74) is 1.33. The normalized spacial score (nSPS) is 22.1. The Hall–Kier alpha value is -2.32. The fourth-order valence-electron chi connectivity index (χ4n) is 4.25. The number of aliphatic hydroxyl groups excluding tert-OH is 1. The van der Waals surface area contributed by atoms with Gasteiger partial charge in [-0.25, -0.2) is 0 Å². The lowest BCUT2D eigenvalue weighted by molar-refractivity contribution is 0.0446. The number of carbonyl (C=O) groups excluding carboxylic acids is 1. The monoisotopic (exact) mass is 370 g/mol. The number of aromatic amines is 1. The van der Waals surface area contributed by atoms with Crippen molar-refractivity contribution in [3.8, 4) is 11.4 Å². The van der Waals surface area contributed by atoms with Crippen molar-refractivity contribution in [1.82, 2.24) is 30.4 Å². The highest BCUT2D eigenvalue weighted by Crippen LogP contribution is 2.26. The summed E-state index contributed by atoms with van der Waals surface area (Å²) in [5.74, 6) is 0.911. The smallest absolute Gasteiger partial charge is 0.254 e. The number of piperidine rings is 2. The zero-order valence-electron chi connectivity index (χ0n) is 15.4. The van der Waals surface area contributed by atoms with Gasteiger partial charge in [0.15, 0.2) is 0 Å². The molecule has 0 radical (unpaired) electrons. The molecular weight excluding hydrogens is 344 g/mol. The number of aromatic nitrogens is 4. The van der Waals surface area contributed by atoms with Crippen LogP contribution >= 0.6 is 0 Å². The Kier molecular flexibility index (Phi) is 5.45. The third-order valence-corrected chi connectivity index (χ3v) is 5.85. The molecule has 8 heteroatoms. The average Bonchev–Trinajstić information content (AvgIpc) is 3.28. The maximum Gasteiger partial charge on any atom is 0.254 e. The second-order valence-corrected chi connectivity index (χ2v) is 7.49. The summed E-state index contributed by atoms with van der Waals surface area (Å²) in [6, 6.07) is 7.86. The zero-order chi connectivity index (χ0) is 18.6. The van der Waals surface area contributed by atoms with Crippen LogP contribution in [0.3, 0.4) is 0 Å². The Morgan fingerprint density at radius 2 is 2.00 bits per heavy atom. The van der Waals surface area contributed by atoms with Crippen molar-refractivity contribution >= 4 is 5.91 Å². The Balaban J connectivity index is 1.47. The summed E-state index contributed by atoms with van der Waals surface area (Å²) in [6.45, 7) is 3.84. The number of likely N-dealkylation sites (tertiary alicyclic amines) is 2. The number of nitrogens with zero attached hydrogens (tertiary/aromatic N) is 5. The molecule has 0 bridgehead atoms. The molecule has 2 fully saturated rings. The number of aliphatic hydroxyl groups is 1. The van der Waals surface area contributed by atoms with Gasteiger partial charge >= 0.3 is 0 Å². The van der Waals surface area contributed by atoms with Crippen LogP contribution in [0.4, 0.5) is 0 Å². The Morgan fingerprint density at radius 1 is 1.19 bits per heavy atom. The van der Waals surface area contributed by atoms with Crippen LogP contribution in [0.2, 0.25) is 0 Å². The molecule has 1 aromatic carbocycles. The highest BCUT2D eigenvalue weighted by atomic mass is 16.3. The van der Waals surface area contributed by atoms with Gasteiger partial charge in [0.2, 0.25) is 5.82 Å². The average molecular weight is 370 g/mol. The molecule has 2 aromatic rings. The lowest BCUT2D eigenvalue weighted by Crippen LogP contribution is -2.52. The molecule has 2 aliphatic rings. The quantitative estimate of drug-likeness (QED) is 0.839. The van der Waals surface area contributed by atoms with Crippen LogP contribution in [-0.2, 0) is 0 Å². The number of H-pyrrole nitrogens is 1. The van der Waals surface area contributed by atoms with Gasteiger partial charge in [0, 0.05) is 31.3 Å². The van der Waals surface area contributed by atoms with Crippen molar-refractivity contribution in [1.29, 1.82) is 0 Å². The first kappa shape index (κ1) is 18.1. The van der Waals surface area contributed by atoms with Crippen LogP contribution in [0.25, 0.3) is 11.4 Å². The summed E-state index contributed by atoms with van der Waals surface area (Å²) in [7, 11) is 0. The Morgan fingerprint density at radius 3 is 2.74 bits per heavy atom. The maximum atomic E-state index is 13.2. The van der Waals surface area contributed by atoms with E-state index in [2.05, 4.69) is 25.5 Å². The van der Waals surface area contributed by atoms with Gasteiger partial charge in [-0.1, -0.05) is 18.2 Å². The molecule has 2 aliphatic heterocycles. The van der Waals surface area contributed by atoms with Crippen LogP contribution in [0.5, 0.6) is 0 Å². The molecule has 144 valence electrons. The van der Waals surface area contributed by atoms with Crippen molar-refractivity contribution in [3.05, 3.63) is 29.8 Å². The number of carbonyl (C=O) groups is 1. The number of hydrogen-bond acceptors (Lipinski definition) is 6. The lowest BCUT2D eigenvalue weighted by atomic mass is 9.94. The number of tetrazole rings is 1. The lowest BCUT2D eigenvalue weighted by Gasteiger charge is -2.42. The number of nitrogens with one attached hydrogen (secondary N) is 1. The number of amides is 1. The van der Waals surface area contributed by atoms with E-state index in [0.29, 0.717) is 28.9 Å². The van der Waals surface area contributed by atoms with E-state index >= 15 is 0 Å². The maximum absolute atomic E-state index is 13.2. The molecule has 8 nitrogen and oxygen atoms in total. The van der Waals surface area contributed by atoms with Crippen LogP contribution in [0.1, 0.15) is 36.0 Å². The fourth-order valence-corrected chi connectivity index (χ4v) is 4.25. The second kappa shape index (κ2) is 8.14. The van der Waals surface area contributed by atoms with E-state index in [1.165, 1.54) is 0 Å². The summed E-state index contributed by atoms with van der Waals surface area (Å²) in [5, 5.41) is 23.5. The van der Waals surface area contributed by atoms with E-state index in [9.17, 15) is 9.90 Å². The summed E-state index contributed by atoms with van der Waals surface area (Å²) in [4.78, 5) is 17.7. The van der Waals surface area contributed by atoms with Crippen LogP contribution < -0.4 is 0 Å². The predicted molar refractivity (Wildman–Crippen MR) is 99.9 cm³/mol. The van der Waals surface area contributed by atoms with Crippen molar-refractivity contribution < 1.29 is 9.90 Å². The van der Waals surface area contributed by atoms with E-state index < -0.39 is 0 Å². The molecule has 0 saturated carbocycles. The number of hydrogen-bond donors (Lipinski definition) is 2. The van der Waals surface area contributed by atoms with Gasteiger partial charge < -0.3 is 10.0 Å². The van der Waals surface area contributed by atoms with E-state index in [1.807, 2.05) is 29.2 Å². The van der Waals surface area contributed by atoms with Gasteiger partial charge in [-0.05, 0) is 56.0 Å². The number of rotatable bonds is 4. The molecule has 2 N–H and O–H groups in total. The van der Waals surface area contributed by atoms with Gasteiger partial charge in [-0.3, -0.25) is 9.69 Å². The molecular formula is C19H26N6O2. The van der Waals surface area contributed by atoms with Gasteiger partial charge in [0.1, 0.15) is 0 Å². The van der Waals surface area contributed by atoms with Crippen molar-refractivity contribution in [2.45, 2.75) is 31.7 Å². The van der Waals surface area contributed by atoms with Crippen LogP contribution in [-0.4, -0.2) is 80.3 Å². The molecule has 4 rings (SSSR count). The highest BCUT2D eigenvalue weighted by Gasteiger charge is 2.31. The summed E-state index contributed by atoms with van der Waals surface area (Å²) in [6.07, 6.45) is 4.23. The zero-order valence-corrected chi connectivity index (χ0v) is 15.4. The first-order valence-corrected chi connectivity index (χ1v) is 9.73. The molecule has 0 aliphatic carbocycles. The molecule has 1 aromatic heterocycles. The van der Waals surface area contributed by atoms with E-state index in [4.69, 9.17) is 0 Å². The molecule has 0 spiro atoms. The predicted octanol–water partition coefficient (Wildman–Crippen LogP) is 1.18. The first-order chi connectivity index (χ1) is 13.3. The molecule has 1 atom stereocenters. The topological polar surface area (TPSA) is 98.2 Å². The highest BCUT2D eigenvalue weighted by molar-refractivity contribution is 6.00. The third kappa shape index (κ3) is 3.86. The Bertz CT molecular complexity index is 757. The van der Waals surface area contributed by atoms with Gasteiger partial charge in [-0.2, -0.15) is 5.21 Å². The molecule has 0 unspecified atom stereocenters. The molecule has 2 saturated heterocycles. The first-order valence-electron chi connectivity index (χ1n) is 9.73. The van der Waals surface area contributed by atoms with Crippen LogP contribution in [0, 0.1) is 5.92 Å². The van der Waals surface area contributed by atoms with Crippen LogP contribution in [0.15, 0.2) is 24.3 Å². The Labute approximate surface area is 158 Å². The third-order valence-electron chi connectivity index (χ3n) is 5.85. The van der Waals surface area contributed by atoms with Gasteiger partial charge in [-0.15, -0.1) is 10.2 Å². The van der Waals surface area contributed by atoms with Crippen molar-refractivity contribution in [2.75, 3.05) is 32.8 Å². The summed E-state index contributed by atoms with van der Waals surface area (Å²) >= 11 is 0. The largest absolute Gasteiger partial charge is 0.396 e. The molecule has 27 heavy (non-hydrogen) atoms. The number of benzene rings is 1. The minimum atomic E-state index is 0.0327. The van der Waals surface area contributed by atoms with Gasteiger partial charge in [0.25, 0.3) is 5.91 Å². The standard InChI is InChI=1S/C19H26N6O2/c26-13-14-7-10-24(11-8-14)15-4-3-9-25(12-15)19(27)17-6-2-1-5-16(17)18-20-22-23-21-18/h1-2,5-6,14-15,26H,3-4,7-13H2,(H,20,21,22,23)/t15-/m1/s1. The van der Waals surface area contributed by atoms with Crippen molar-refractivity contribution in [2.24, 2.45) is 5.92 Å². The minimum Gasteiger partial charge on any atom is -0.396 e. The minimum absolute atomic E-state index is 0.0327.